The number of nitrogens with zero attached hydrogens (tertiary/aromatic N) is 1. The van der Waals surface area contributed by atoms with Crippen molar-refractivity contribution in [2.24, 2.45) is 0 Å². The summed E-state index contributed by atoms with van der Waals surface area (Å²) in [4.78, 5) is 13.4. The Kier molecular flexibility index (Phi) is 3.50. The van der Waals surface area contributed by atoms with Crippen LogP contribution in [-0.2, 0) is 0 Å². The van der Waals surface area contributed by atoms with Crippen LogP contribution in [0.5, 0.6) is 0 Å². The van der Waals surface area contributed by atoms with Gasteiger partial charge in [0.15, 0.2) is 0 Å². The van der Waals surface area contributed by atoms with Gasteiger partial charge in [-0.15, -0.1) is 0 Å². The van der Waals surface area contributed by atoms with Gasteiger partial charge in [0.05, 0.1) is 10.0 Å². The molecular formula is C12H13Cl2N3O. The molecule has 0 aliphatic carbocycles. The number of nitrogens with one attached hydrogen (secondary N) is 2. The second-order valence-electron chi connectivity index (χ2n) is 4.42. The summed E-state index contributed by atoms with van der Waals surface area (Å²) in [7, 11) is 0. The molecule has 18 heavy (non-hydrogen) atoms. The van der Waals surface area contributed by atoms with Crippen LogP contribution < -0.4 is 5.32 Å². The molecule has 0 spiro atoms. The second kappa shape index (κ2) is 4.78. The van der Waals surface area contributed by atoms with E-state index in [-0.39, 0.29) is 17.9 Å². The lowest BCUT2D eigenvalue weighted by atomic mass is 10.0. The molecule has 0 radical (unpaired) electrons. The van der Waals surface area contributed by atoms with Crippen molar-refractivity contribution >= 4 is 35.1 Å². The molecule has 2 amide bonds. The fourth-order valence-electron chi connectivity index (χ4n) is 2.05. The van der Waals surface area contributed by atoms with Crippen molar-refractivity contribution in [3.05, 3.63) is 33.8 Å². The molecule has 1 aromatic carbocycles. The summed E-state index contributed by atoms with van der Waals surface area (Å²) in [5.41, 5.74) is 0.779. The maximum Gasteiger partial charge on any atom is 0.323 e. The van der Waals surface area contributed by atoms with E-state index in [1.807, 2.05) is 13.8 Å². The number of carbonyl (C=O) groups excluding carboxylic acids is 1. The van der Waals surface area contributed by atoms with Crippen molar-refractivity contribution in [3.63, 3.8) is 0 Å². The van der Waals surface area contributed by atoms with Crippen LogP contribution in [0.15, 0.2) is 18.2 Å². The number of carbonyl (C=O) groups is 1. The Balaban J connectivity index is 2.43. The van der Waals surface area contributed by atoms with E-state index in [2.05, 4.69) is 5.32 Å². The summed E-state index contributed by atoms with van der Waals surface area (Å²) < 4.78 is 0. The molecule has 6 heteroatoms. The van der Waals surface area contributed by atoms with E-state index in [9.17, 15) is 4.79 Å². The van der Waals surface area contributed by atoms with Crippen LogP contribution in [0.2, 0.25) is 10.0 Å². The highest BCUT2D eigenvalue weighted by Gasteiger charge is 2.38. The smallest absolute Gasteiger partial charge is 0.308 e. The fourth-order valence-corrected chi connectivity index (χ4v) is 2.35. The number of urea groups is 1. The number of halogens is 2. The van der Waals surface area contributed by atoms with E-state index in [0.29, 0.717) is 10.0 Å². The topological polar surface area (TPSA) is 56.2 Å². The predicted molar refractivity (Wildman–Crippen MR) is 72.4 cm³/mol. The number of hydrogen-bond donors (Lipinski definition) is 2. The third kappa shape index (κ3) is 2.18. The zero-order valence-electron chi connectivity index (χ0n) is 10.00. The second-order valence-corrected chi connectivity index (χ2v) is 5.24. The van der Waals surface area contributed by atoms with Gasteiger partial charge in [0.25, 0.3) is 0 Å². The molecule has 4 nitrogen and oxygen atoms in total. The molecule has 1 heterocycles. The van der Waals surface area contributed by atoms with Gasteiger partial charge in [-0.3, -0.25) is 10.7 Å². The van der Waals surface area contributed by atoms with E-state index in [4.69, 9.17) is 28.6 Å². The molecule has 1 aliphatic rings. The van der Waals surface area contributed by atoms with Crippen molar-refractivity contribution in [3.8, 4) is 0 Å². The van der Waals surface area contributed by atoms with E-state index < -0.39 is 6.04 Å². The SMILES string of the molecule is CC(C)N1C(=O)NC(=N)C1c1ccc(Cl)c(Cl)c1. The standard InChI is InChI=1S/C12H13Cl2N3O/c1-6(2)17-10(11(15)16-12(17)18)7-3-4-8(13)9(14)5-7/h3-6,10H,1-2H3,(H2,15,16,18). The molecule has 0 aromatic heterocycles. The number of benzene rings is 1. The van der Waals surface area contributed by atoms with Crippen LogP contribution in [0.25, 0.3) is 0 Å². The maximum absolute atomic E-state index is 11.8. The summed E-state index contributed by atoms with van der Waals surface area (Å²) in [5, 5.41) is 11.3. The lowest BCUT2D eigenvalue weighted by molar-refractivity contribution is 0.190. The van der Waals surface area contributed by atoms with E-state index in [0.717, 1.165) is 5.56 Å². The molecule has 1 unspecified atom stereocenters. The van der Waals surface area contributed by atoms with E-state index in [1.165, 1.54) is 0 Å². The Morgan fingerprint density at radius 2 is 2.00 bits per heavy atom. The number of amidine groups is 1. The van der Waals surface area contributed by atoms with Crippen molar-refractivity contribution < 1.29 is 4.79 Å². The van der Waals surface area contributed by atoms with Crippen LogP contribution in [0.1, 0.15) is 25.5 Å². The van der Waals surface area contributed by atoms with Gasteiger partial charge in [0, 0.05) is 6.04 Å². The van der Waals surface area contributed by atoms with Crippen LogP contribution in [0, 0.1) is 5.41 Å². The zero-order chi connectivity index (χ0) is 13.4. The summed E-state index contributed by atoms with van der Waals surface area (Å²) in [6.07, 6.45) is 0. The Bertz CT molecular complexity index is 516. The van der Waals surface area contributed by atoms with Gasteiger partial charge in [0.2, 0.25) is 0 Å². The Labute approximate surface area is 115 Å². The van der Waals surface area contributed by atoms with Gasteiger partial charge in [-0.25, -0.2) is 4.79 Å². The van der Waals surface area contributed by atoms with Gasteiger partial charge in [-0.2, -0.15) is 0 Å². The number of hydrogen-bond acceptors (Lipinski definition) is 2. The highest BCUT2D eigenvalue weighted by molar-refractivity contribution is 6.42. The predicted octanol–water partition coefficient (Wildman–Crippen LogP) is 3.45. The molecule has 1 atom stereocenters. The quantitative estimate of drug-likeness (QED) is 0.859. The molecule has 1 aromatic rings. The molecule has 1 aliphatic heterocycles. The first-order valence-corrected chi connectivity index (χ1v) is 6.30. The minimum atomic E-state index is -0.424. The molecule has 0 saturated carbocycles. The van der Waals surface area contributed by atoms with Gasteiger partial charge in [-0.05, 0) is 31.5 Å². The maximum atomic E-state index is 11.8. The van der Waals surface area contributed by atoms with E-state index >= 15 is 0 Å². The molecule has 2 rings (SSSR count). The van der Waals surface area contributed by atoms with Crippen LogP contribution in [0.3, 0.4) is 0 Å². The van der Waals surface area contributed by atoms with Crippen LogP contribution >= 0.6 is 23.2 Å². The van der Waals surface area contributed by atoms with Gasteiger partial charge in [0.1, 0.15) is 11.9 Å². The van der Waals surface area contributed by atoms with Gasteiger partial charge in [-0.1, -0.05) is 29.3 Å². The lowest BCUT2D eigenvalue weighted by Crippen LogP contribution is -2.35. The zero-order valence-corrected chi connectivity index (χ0v) is 11.5. The summed E-state index contributed by atoms with van der Waals surface area (Å²) in [6.45, 7) is 3.81. The van der Waals surface area contributed by atoms with E-state index in [1.54, 1.807) is 23.1 Å². The third-order valence-electron chi connectivity index (χ3n) is 2.84. The monoisotopic (exact) mass is 285 g/mol. The first-order chi connectivity index (χ1) is 8.41. The van der Waals surface area contributed by atoms with Crippen molar-refractivity contribution in [2.45, 2.75) is 25.9 Å². The molecule has 0 bridgehead atoms. The Morgan fingerprint density at radius 3 is 2.56 bits per heavy atom. The first-order valence-electron chi connectivity index (χ1n) is 5.54. The molecular weight excluding hydrogens is 273 g/mol. The number of amides is 2. The van der Waals surface area contributed by atoms with Crippen LogP contribution in [-0.4, -0.2) is 22.8 Å². The molecule has 1 saturated heterocycles. The number of rotatable bonds is 2. The molecule has 1 fully saturated rings. The Morgan fingerprint density at radius 1 is 1.33 bits per heavy atom. The van der Waals surface area contributed by atoms with Crippen molar-refractivity contribution in [2.75, 3.05) is 0 Å². The molecule has 96 valence electrons. The third-order valence-corrected chi connectivity index (χ3v) is 3.58. The minimum absolute atomic E-state index is 0.00713. The van der Waals surface area contributed by atoms with Gasteiger partial charge < -0.3 is 4.90 Å². The lowest BCUT2D eigenvalue weighted by Gasteiger charge is -2.26. The van der Waals surface area contributed by atoms with Crippen molar-refractivity contribution in [1.82, 2.24) is 10.2 Å². The van der Waals surface area contributed by atoms with Gasteiger partial charge >= 0.3 is 6.03 Å². The molecule has 2 N–H and O–H groups in total. The Hall–Kier alpha value is -1.26. The summed E-state index contributed by atoms with van der Waals surface area (Å²) in [6, 6.07) is 4.46. The van der Waals surface area contributed by atoms with Crippen LogP contribution in [0.4, 0.5) is 4.79 Å². The first kappa shape index (κ1) is 13.2. The van der Waals surface area contributed by atoms with Crippen molar-refractivity contribution in [1.29, 1.82) is 5.41 Å². The largest absolute Gasteiger partial charge is 0.323 e. The summed E-state index contributed by atoms with van der Waals surface area (Å²) >= 11 is 11.8. The normalized spacial score (nSPS) is 19.6. The summed E-state index contributed by atoms with van der Waals surface area (Å²) in [5.74, 6) is 0.159. The average molecular weight is 286 g/mol. The fraction of sp³-hybridized carbons (Fsp3) is 0.333. The average Bonchev–Trinajstić information content (AvgIpc) is 2.57. The highest BCUT2D eigenvalue weighted by atomic mass is 35.5. The minimum Gasteiger partial charge on any atom is -0.308 e. The highest BCUT2D eigenvalue weighted by Crippen LogP contribution is 2.32.